The molecule has 100 valence electrons. The van der Waals surface area contributed by atoms with Gasteiger partial charge in [0.25, 0.3) is 0 Å². The summed E-state index contributed by atoms with van der Waals surface area (Å²) in [6, 6.07) is 8.58. The van der Waals surface area contributed by atoms with Gasteiger partial charge in [-0.2, -0.15) is 0 Å². The average Bonchev–Trinajstić information content (AvgIpc) is 2.37. The van der Waals surface area contributed by atoms with Crippen LogP contribution in [-0.4, -0.2) is 0 Å². The van der Waals surface area contributed by atoms with Crippen LogP contribution in [0, 0.1) is 24.4 Å². The average molecular weight is 266 g/mol. The van der Waals surface area contributed by atoms with Crippen LogP contribution in [0.5, 0.6) is 0 Å². The summed E-state index contributed by atoms with van der Waals surface area (Å²) >= 11 is 0. The summed E-state index contributed by atoms with van der Waals surface area (Å²) in [5.41, 5.74) is 4.44. The van der Waals surface area contributed by atoms with Gasteiger partial charge in [-0.1, -0.05) is 29.8 Å². The van der Waals surface area contributed by atoms with Gasteiger partial charge in [-0.25, -0.2) is 18.6 Å². The van der Waals surface area contributed by atoms with E-state index in [9.17, 15) is 13.2 Å². The molecule has 0 fully saturated rings. The predicted octanol–water partition coefficient (Wildman–Crippen LogP) is 2.97. The first-order chi connectivity index (χ1) is 9.02. The second-order valence-corrected chi connectivity index (χ2v) is 4.31. The Hall–Kier alpha value is -1.85. The van der Waals surface area contributed by atoms with Crippen LogP contribution in [0.4, 0.5) is 13.2 Å². The van der Waals surface area contributed by atoms with Gasteiger partial charge in [0.05, 0.1) is 6.04 Å². The Morgan fingerprint density at radius 2 is 1.63 bits per heavy atom. The summed E-state index contributed by atoms with van der Waals surface area (Å²) in [7, 11) is 0. The highest BCUT2D eigenvalue weighted by molar-refractivity contribution is 5.34. The normalized spacial score (nSPS) is 12.5. The molecule has 0 aliphatic rings. The maximum absolute atomic E-state index is 13.2. The van der Waals surface area contributed by atoms with Gasteiger partial charge >= 0.3 is 0 Å². The van der Waals surface area contributed by atoms with Crippen molar-refractivity contribution in [2.45, 2.75) is 13.0 Å². The molecule has 2 nitrogen and oxygen atoms in total. The number of aryl methyl sites for hydroxylation is 1. The molecule has 0 saturated heterocycles. The van der Waals surface area contributed by atoms with Crippen LogP contribution in [0.3, 0.4) is 0 Å². The van der Waals surface area contributed by atoms with Crippen molar-refractivity contribution in [1.29, 1.82) is 0 Å². The Kier molecular flexibility index (Phi) is 3.87. The molecule has 0 saturated carbocycles. The smallest absolute Gasteiger partial charge is 0.194 e. The van der Waals surface area contributed by atoms with Crippen LogP contribution >= 0.6 is 0 Å². The molecule has 0 radical (unpaired) electrons. The van der Waals surface area contributed by atoms with Crippen LogP contribution in [0.1, 0.15) is 22.7 Å². The van der Waals surface area contributed by atoms with E-state index in [0.29, 0.717) is 0 Å². The van der Waals surface area contributed by atoms with Gasteiger partial charge in [-0.15, -0.1) is 0 Å². The minimum atomic E-state index is -1.48. The van der Waals surface area contributed by atoms with E-state index in [-0.39, 0.29) is 5.56 Å². The molecule has 0 bridgehead atoms. The highest BCUT2D eigenvalue weighted by atomic mass is 19.2. The van der Waals surface area contributed by atoms with Crippen molar-refractivity contribution < 1.29 is 13.2 Å². The van der Waals surface area contributed by atoms with Gasteiger partial charge in [0.1, 0.15) is 0 Å². The summed E-state index contributed by atoms with van der Waals surface area (Å²) in [6.07, 6.45) is 0. The number of hydrogen-bond donors (Lipinski definition) is 2. The number of benzene rings is 2. The van der Waals surface area contributed by atoms with E-state index in [0.717, 1.165) is 23.3 Å². The zero-order chi connectivity index (χ0) is 14.0. The molecule has 0 heterocycles. The molecule has 1 unspecified atom stereocenters. The second-order valence-electron chi connectivity index (χ2n) is 4.31. The fraction of sp³-hybridized carbons (Fsp3) is 0.143. The molecule has 0 aliphatic heterocycles. The molecule has 2 aromatic rings. The Balaban J connectivity index is 2.48. The lowest BCUT2D eigenvalue weighted by molar-refractivity contribution is 0.442. The maximum Gasteiger partial charge on any atom is 0.194 e. The van der Waals surface area contributed by atoms with Crippen molar-refractivity contribution in [3.8, 4) is 0 Å². The van der Waals surface area contributed by atoms with Crippen LogP contribution in [0.25, 0.3) is 0 Å². The van der Waals surface area contributed by atoms with E-state index < -0.39 is 23.5 Å². The molecule has 5 heteroatoms. The van der Waals surface area contributed by atoms with Crippen molar-refractivity contribution in [2.24, 2.45) is 5.84 Å². The minimum absolute atomic E-state index is 0.226. The molecule has 2 aromatic carbocycles. The molecular formula is C14H13F3N2. The highest BCUT2D eigenvalue weighted by Gasteiger charge is 2.18. The minimum Gasteiger partial charge on any atom is -0.271 e. The molecule has 0 aliphatic carbocycles. The fourth-order valence-electron chi connectivity index (χ4n) is 1.98. The summed E-state index contributed by atoms with van der Waals surface area (Å²) in [5, 5.41) is 0. The first-order valence-electron chi connectivity index (χ1n) is 5.70. The van der Waals surface area contributed by atoms with Crippen molar-refractivity contribution in [1.82, 2.24) is 5.43 Å². The molecule has 0 amide bonds. The second kappa shape index (κ2) is 5.42. The molecule has 0 spiro atoms. The van der Waals surface area contributed by atoms with E-state index in [1.165, 1.54) is 0 Å². The third-order valence-corrected chi connectivity index (χ3v) is 2.88. The van der Waals surface area contributed by atoms with Crippen LogP contribution in [0.2, 0.25) is 0 Å². The van der Waals surface area contributed by atoms with E-state index in [1.807, 2.05) is 25.1 Å². The van der Waals surface area contributed by atoms with Gasteiger partial charge in [0.2, 0.25) is 0 Å². The van der Waals surface area contributed by atoms with Crippen molar-refractivity contribution in [3.05, 3.63) is 70.5 Å². The highest BCUT2D eigenvalue weighted by Crippen LogP contribution is 2.25. The molecule has 2 rings (SSSR count). The SMILES string of the molecule is Cc1cccc(C(NN)c2cc(F)c(F)c(F)c2)c1. The number of rotatable bonds is 3. The van der Waals surface area contributed by atoms with E-state index in [4.69, 9.17) is 5.84 Å². The lowest BCUT2D eigenvalue weighted by Gasteiger charge is -2.17. The number of nitrogens with two attached hydrogens (primary N) is 1. The first kappa shape index (κ1) is 13.6. The number of hydrazine groups is 1. The topological polar surface area (TPSA) is 38.0 Å². The molecule has 1 atom stereocenters. The van der Waals surface area contributed by atoms with E-state index in [2.05, 4.69) is 5.43 Å². The van der Waals surface area contributed by atoms with Crippen molar-refractivity contribution in [3.63, 3.8) is 0 Å². The Morgan fingerprint density at radius 3 is 2.16 bits per heavy atom. The zero-order valence-corrected chi connectivity index (χ0v) is 10.3. The lowest BCUT2D eigenvalue weighted by Crippen LogP contribution is -2.29. The molecule has 19 heavy (non-hydrogen) atoms. The first-order valence-corrected chi connectivity index (χ1v) is 5.70. The third-order valence-electron chi connectivity index (χ3n) is 2.88. The van der Waals surface area contributed by atoms with Crippen molar-refractivity contribution in [2.75, 3.05) is 0 Å². The number of halogens is 3. The lowest BCUT2D eigenvalue weighted by atomic mass is 9.97. The zero-order valence-electron chi connectivity index (χ0n) is 10.3. The molecule has 3 N–H and O–H groups in total. The van der Waals surface area contributed by atoms with Crippen molar-refractivity contribution >= 4 is 0 Å². The summed E-state index contributed by atoms with van der Waals surface area (Å²) < 4.78 is 39.4. The van der Waals surface area contributed by atoms with Gasteiger partial charge in [0, 0.05) is 0 Å². The monoisotopic (exact) mass is 266 g/mol. The Bertz CT molecular complexity index is 576. The van der Waals surface area contributed by atoms with Gasteiger partial charge in [-0.3, -0.25) is 5.84 Å². The van der Waals surface area contributed by atoms with E-state index >= 15 is 0 Å². The maximum atomic E-state index is 13.2. The van der Waals surface area contributed by atoms with Crippen LogP contribution in [-0.2, 0) is 0 Å². The Morgan fingerprint density at radius 1 is 1.00 bits per heavy atom. The van der Waals surface area contributed by atoms with E-state index in [1.54, 1.807) is 6.07 Å². The quantitative estimate of drug-likeness (QED) is 0.509. The van der Waals surface area contributed by atoms with Gasteiger partial charge < -0.3 is 0 Å². The number of hydrogen-bond acceptors (Lipinski definition) is 2. The molecule has 0 aromatic heterocycles. The van der Waals surface area contributed by atoms with Gasteiger partial charge in [-0.05, 0) is 30.2 Å². The van der Waals surface area contributed by atoms with Crippen LogP contribution < -0.4 is 11.3 Å². The standard InChI is InChI=1S/C14H13F3N2/c1-8-3-2-4-9(5-8)14(19-18)10-6-11(15)13(17)12(16)7-10/h2-7,14,19H,18H2,1H3. The number of nitrogens with one attached hydrogen (secondary N) is 1. The fourth-order valence-corrected chi connectivity index (χ4v) is 1.98. The summed E-state index contributed by atoms with van der Waals surface area (Å²) in [5.74, 6) is 1.49. The largest absolute Gasteiger partial charge is 0.271 e. The summed E-state index contributed by atoms with van der Waals surface area (Å²) in [4.78, 5) is 0. The molecular weight excluding hydrogens is 253 g/mol. The summed E-state index contributed by atoms with van der Waals surface area (Å²) in [6.45, 7) is 1.89. The third kappa shape index (κ3) is 2.77. The predicted molar refractivity (Wildman–Crippen MR) is 66.7 cm³/mol. The van der Waals surface area contributed by atoms with Gasteiger partial charge in [0.15, 0.2) is 17.5 Å². The Labute approximate surface area is 109 Å². The van der Waals surface area contributed by atoms with Crippen LogP contribution in [0.15, 0.2) is 36.4 Å².